The highest BCUT2D eigenvalue weighted by Crippen LogP contribution is 2.02. The van der Waals surface area contributed by atoms with Gasteiger partial charge >= 0.3 is 0 Å². The Balaban J connectivity index is 3.40. The summed E-state index contributed by atoms with van der Waals surface area (Å²) in [7, 11) is 1.76. The zero-order valence-corrected chi connectivity index (χ0v) is 11.6. The quantitative estimate of drug-likeness (QED) is 0.586. The SMILES string of the molecule is COCC(NCCCCOC(C)C)C(C)C. The van der Waals surface area contributed by atoms with E-state index in [9.17, 15) is 0 Å². The maximum atomic E-state index is 5.49. The number of hydrogen-bond acceptors (Lipinski definition) is 3. The van der Waals surface area contributed by atoms with Crippen molar-refractivity contribution >= 4 is 0 Å². The maximum absolute atomic E-state index is 5.49. The lowest BCUT2D eigenvalue weighted by Crippen LogP contribution is -2.38. The molecule has 0 heterocycles. The van der Waals surface area contributed by atoms with Gasteiger partial charge in [0.05, 0.1) is 12.7 Å². The van der Waals surface area contributed by atoms with Gasteiger partial charge in [-0.05, 0) is 39.2 Å². The number of unbranched alkanes of at least 4 members (excludes halogenated alkanes) is 1. The molecule has 0 saturated carbocycles. The van der Waals surface area contributed by atoms with Crippen molar-refractivity contribution in [2.45, 2.75) is 52.7 Å². The molecule has 3 heteroatoms. The first kappa shape index (κ1) is 15.9. The summed E-state index contributed by atoms with van der Waals surface area (Å²) in [5, 5.41) is 3.53. The van der Waals surface area contributed by atoms with Crippen LogP contribution in [-0.2, 0) is 9.47 Å². The average Bonchev–Trinajstić information content (AvgIpc) is 2.20. The van der Waals surface area contributed by atoms with Crippen LogP contribution in [0.2, 0.25) is 0 Å². The van der Waals surface area contributed by atoms with E-state index < -0.39 is 0 Å². The molecule has 3 nitrogen and oxygen atoms in total. The summed E-state index contributed by atoms with van der Waals surface area (Å²) in [4.78, 5) is 0. The second-order valence-corrected chi connectivity index (χ2v) is 4.89. The molecule has 0 aromatic carbocycles. The molecular weight excluding hydrogens is 202 g/mol. The van der Waals surface area contributed by atoms with Crippen LogP contribution in [0.15, 0.2) is 0 Å². The summed E-state index contributed by atoms with van der Waals surface area (Å²) in [6.45, 7) is 11.3. The Morgan fingerprint density at radius 2 is 1.75 bits per heavy atom. The summed E-state index contributed by atoms with van der Waals surface area (Å²) in [6.07, 6.45) is 2.65. The smallest absolute Gasteiger partial charge is 0.0618 e. The second-order valence-electron chi connectivity index (χ2n) is 4.89. The minimum Gasteiger partial charge on any atom is -0.383 e. The van der Waals surface area contributed by atoms with Crippen molar-refractivity contribution in [3.8, 4) is 0 Å². The van der Waals surface area contributed by atoms with E-state index >= 15 is 0 Å². The minimum absolute atomic E-state index is 0.352. The molecule has 0 aromatic rings. The Morgan fingerprint density at radius 1 is 1.06 bits per heavy atom. The summed E-state index contributed by atoms with van der Waals surface area (Å²) in [5.41, 5.74) is 0. The van der Waals surface area contributed by atoms with Crippen LogP contribution in [0.4, 0.5) is 0 Å². The highest BCUT2D eigenvalue weighted by Gasteiger charge is 2.11. The average molecular weight is 231 g/mol. The van der Waals surface area contributed by atoms with Gasteiger partial charge in [0.1, 0.15) is 0 Å². The van der Waals surface area contributed by atoms with Crippen molar-refractivity contribution in [3.63, 3.8) is 0 Å². The van der Waals surface area contributed by atoms with Gasteiger partial charge in [-0.2, -0.15) is 0 Å². The van der Waals surface area contributed by atoms with Crippen LogP contribution in [0, 0.1) is 5.92 Å². The Labute approximate surface area is 101 Å². The van der Waals surface area contributed by atoms with Crippen LogP contribution in [0.25, 0.3) is 0 Å². The van der Waals surface area contributed by atoms with Crippen molar-refractivity contribution < 1.29 is 9.47 Å². The molecule has 0 saturated heterocycles. The molecule has 0 fully saturated rings. The highest BCUT2D eigenvalue weighted by atomic mass is 16.5. The highest BCUT2D eigenvalue weighted by molar-refractivity contribution is 4.69. The molecule has 0 bridgehead atoms. The zero-order valence-electron chi connectivity index (χ0n) is 11.6. The van der Waals surface area contributed by atoms with Crippen LogP contribution in [0.3, 0.4) is 0 Å². The van der Waals surface area contributed by atoms with Gasteiger partial charge in [-0.15, -0.1) is 0 Å². The molecule has 1 N–H and O–H groups in total. The standard InChI is InChI=1S/C13H29NO2/c1-11(2)13(10-15-5)14-8-6-7-9-16-12(3)4/h11-14H,6-10H2,1-5H3. The van der Waals surface area contributed by atoms with Crippen molar-refractivity contribution in [2.75, 3.05) is 26.9 Å². The fourth-order valence-electron chi connectivity index (χ4n) is 1.50. The maximum Gasteiger partial charge on any atom is 0.0618 e. The molecule has 16 heavy (non-hydrogen) atoms. The lowest BCUT2D eigenvalue weighted by Gasteiger charge is -2.21. The predicted octanol–water partition coefficient (Wildman–Crippen LogP) is 2.45. The first-order valence-corrected chi connectivity index (χ1v) is 6.41. The van der Waals surface area contributed by atoms with Crippen LogP contribution < -0.4 is 5.32 Å². The molecule has 0 spiro atoms. The van der Waals surface area contributed by atoms with E-state index in [0.29, 0.717) is 18.1 Å². The Hall–Kier alpha value is -0.120. The van der Waals surface area contributed by atoms with E-state index in [0.717, 1.165) is 26.2 Å². The fourth-order valence-corrected chi connectivity index (χ4v) is 1.50. The number of hydrogen-bond donors (Lipinski definition) is 1. The van der Waals surface area contributed by atoms with Gasteiger partial charge in [0.25, 0.3) is 0 Å². The molecule has 0 aliphatic rings. The third-order valence-corrected chi connectivity index (χ3v) is 2.58. The third-order valence-electron chi connectivity index (χ3n) is 2.58. The van der Waals surface area contributed by atoms with E-state index in [1.54, 1.807) is 7.11 Å². The normalized spacial score (nSPS) is 13.7. The topological polar surface area (TPSA) is 30.5 Å². The lowest BCUT2D eigenvalue weighted by atomic mass is 10.1. The molecular formula is C13H29NO2. The van der Waals surface area contributed by atoms with Crippen LogP contribution in [-0.4, -0.2) is 39.0 Å². The molecule has 0 aliphatic heterocycles. The van der Waals surface area contributed by atoms with Crippen LogP contribution >= 0.6 is 0 Å². The zero-order chi connectivity index (χ0) is 12.4. The summed E-state index contributed by atoms with van der Waals surface area (Å²) in [5.74, 6) is 0.617. The molecule has 0 rings (SSSR count). The first-order chi connectivity index (χ1) is 7.57. The Kier molecular flexibility index (Phi) is 9.99. The van der Waals surface area contributed by atoms with Gasteiger partial charge in [-0.3, -0.25) is 0 Å². The minimum atomic E-state index is 0.352. The van der Waals surface area contributed by atoms with Crippen molar-refractivity contribution in [1.29, 1.82) is 0 Å². The molecule has 0 aromatic heterocycles. The van der Waals surface area contributed by atoms with Crippen molar-refractivity contribution in [3.05, 3.63) is 0 Å². The van der Waals surface area contributed by atoms with Gasteiger partial charge in [0, 0.05) is 19.8 Å². The monoisotopic (exact) mass is 231 g/mol. The van der Waals surface area contributed by atoms with Crippen molar-refractivity contribution in [2.24, 2.45) is 5.92 Å². The van der Waals surface area contributed by atoms with Gasteiger partial charge < -0.3 is 14.8 Å². The van der Waals surface area contributed by atoms with Gasteiger partial charge in [0.2, 0.25) is 0 Å². The number of nitrogens with one attached hydrogen (secondary N) is 1. The first-order valence-electron chi connectivity index (χ1n) is 6.41. The molecule has 1 unspecified atom stereocenters. The van der Waals surface area contributed by atoms with Crippen molar-refractivity contribution in [1.82, 2.24) is 5.32 Å². The molecule has 0 aliphatic carbocycles. The van der Waals surface area contributed by atoms with E-state index in [2.05, 4.69) is 33.0 Å². The van der Waals surface area contributed by atoms with E-state index in [-0.39, 0.29) is 0 Å². The number of methoxy groups -OCH3 is 1. The molecule has 0 radical (unpaired) electrons. The fraction of sp³-hybridized carbons (Fsp3) is 1.00. The second kappa shape index (κ2) is 10.1. The lowest BCUT2D eigenvalue weighted by molar-refractivity contribution is 0.0755. The van der Waals surface area contributed by atoms with Crippen LogP contribution in [0.5, 0.6) is 0 Å². The van der Waals surface area contributed by atoms with Gasteiger partial charge in [-0.25, -0.2) is 0 Å². The van der Waals surface area contributed by atoms with E-state index in [4.69, 9.17) is 9.47 Å². The largest absolute Gasteiger partial charge is 0.383 e. The summed E-state index contributed by atoms with van der Waals surface area (Å²) >= 11 is 0. The molecule has 98 valence electrons. The number of rotatable bonds is 10. The van der Waals surface area contributed by atoms with E-state index in [1.165, 1.54) is 6.42 Å². The summed E-state index contributed by atoms with van der Waals surface area (Å²) in [6, 6.07) is 0.469. The van der Waals surface area contributed by atoms with Crippen LogP contribution in [0.1, 0.15) is 40.5 Å². The van der Waals surface area contributed by atoms with E-state index in [1.807, 2.05) is 0 Å². The van der Waals surface area contributed by atoms with Gasteiger partial charge in [0.15, 0.2) is 0 Å². The predicted molar refractivity (Wildman–Crippen MR) is 68.8 cm³/mol. The Bertz CT molecular complexity index is 149. The molecule has 1 atom stereocenters. The third kappa shape index (κ3) is 9.13. The number of ether oxygens (including phenoxy) is 2. The molecule has 0 amide bonds. The summed E-state index contributed by atoms with van der Waals surface area (Å²) < 4.78 is 10.7. The van der Waals surface area contributed by atoms with Gasteiger partial charge in [-0.1, -0.05) is 13.8 Å². The Morgan fingerprint density at radius 3 is 2.25 bits per heavy atom.